The number of aromatic nitrogens is 2. The standard InChI is InChI=1S/C27H29FN8O2/c1-27(2,3)21-12-22(36(34-21)20-10-6-18(28)7-11-20)33-26(38)32-19-8-4-16(5-9-19)23-17(14-37)13-35-24(23)25(29)30-15-31-35/h4-12,15,17,37H,13-14H2,1-3H3,(H2,29,30,31)(H2,32,33,38). The van der Waals surface area contributed by atoms with Gasteiger partial charge in [-0.05, 0) is 47.5 Å². The predicted molar refractivity (Wildman–Crippen MR) is 146 cm³/mol. The van der Waals surface area contributed by atoms with Crippen LogP contribution in [0.15, 0.2) is 70.4 Å². The van der Waals surface area contributed by atoms with Crippen molar-refractivity contribution < 1.29 is 14.3 Å². The lowest BCUT2D eigenvalue weighted by Gasteiger charge is -2.18. The molecule has 0 aliphatic carbocycles. The molecule has 2 aliphatic heterocycles. The summed E-state index contributed by atoms with van der Waals surface area (Å²) in [6, 6.07) is 14.5. The highest BCUT2D eigenvalue weighted by Crippen LogP contribution is 2.37. The molecule has 196 valence electrons. The third kappa shape index (κ3) is 4.88. The van der Waals surface area contributed by atoms with Gasteiger partial charge in [0, 0.05) is 23.1 Å². The van der Waals surface area contributed by atoms with Crippen LogP contribution in [-0.2, 0) is 5.41 Å². The Balaban J connectivity index is 1.36. The summed E-state index contributed by atoms with van der Waals surface area (Å²) in [4.78, 5) is 17.0. The first-order chi connectivity index (χ1) is 18.1. The van der Waals surface area contributed by atoms with Crippen LogP contribution in [0.2, 0.25) is 0 Å². The second-order valence-corrected chi connectivity index (χ2v) is 10.2. The normalized spacial score (nSPS) is 16.9. The number of aliphatic imine (C=N–C) groups is 1. The Morgan fingerprint density at radius 3 is 2.50 bits per heavy atom. The molecule has 3 heterocycles. The number of benzene rings is 2. The quantitative estimate of drug-likeness (QED) is 0.408. The highest BCUT2D eigenvalue weighted by molar-refractivity contribution is 6.08. The maximum Gasteiger partial charge on any atom is 0.324 e. The summed E-state index contributed by atoms with van der Waals surface area (Å²) in [5.74, 6) is 0.276. The van der Waals surface area contributed by atoms with Gasteiger partial charge < -0.3 is 16.2 Å². The summed E-state index contributed by atoms with van der Waals surface area (Å²) in [6.45, 7) is 6.52. The number of aliphatic hydroxyl groups is 1. The zero-order valence-electron chi connectivity index (χ0n) is 21.3. The van der Waals surface area contributed by atoms with Crippen LogP contribution in [0.1, 0.15) is 32.0 Å². The van der Waals surface area contributed by atoms with E-state index in [1.165, 1.54) is 18.5 Å². The Kier molecular flexibility index (Phi) is 6.45. The van der Waals surface area contributed by atoms with Gasteiger partial charge in [-0.15, -0.1) is 0 Å². The zero-order chi connectivity index (χ0) is 27.0. The lowest BCUT2D eigenvalue weighted by atomic mass is 9.92. The molecule has 1 atom stereocenters. The molecule has 2 aliphatic rings. The van der Waals surface area contributed by atoms with E-state index in [-0.39, 0.29) is 23.8 Å². The number of aliphatic hydroxyl groups excluding tert-OH is 1. The molecular weight excluding hydrogens is 487 g/mol. The molecule has 5 N–H and O–H groups in total. The number of halogens is 1. The molecule has 0 fully saturated rings. The number of hydrazone groups is 1. The average Bonchev–Trinajstić information content (AvgIpc) is 3.47. The van der Waals surface area contributed by atoms with E-state index >= 15 is 0 Å². The lowest BCUT2D eigenvalue weighted by molar-refractivity contribution is 0.236. The highest BCUT2D eigenvalue weighted by Gasteiger charge is 2.35. The van der Waals surface area contributed by atoms with E-state index in [0.717, 1.165) is 16.8 Å². The van der Waals surface area contributed by atoms with Gasteiger partial charge in [0.2, 0.25) is 0 Å². The number of nitrogens with zero attached hydrogens (tertiary/aromatic N) is 5. The highest BCUT2D eigenvalue weighted by atomic mass is 19.1. The average molecular weight is 517 g/mol. The van der Waals surface area contributed by atoms with Gasteiger partial charge >= 0.3 is 6.03 Å². The van der Waals surface area contributed by atoms with Crippen molar-refractivity contribution in [2.24, 2.45) is 21.7 Å². The number of urea groups is 1. The molecule has 38 heavy (non-hydrogen) atoms. The first-order valence-corrected chi connectivity index (χ1v) is 12.2. The predicted octanol–water partition coefficient (Wildman–Crippen LogP) is 3.90. The topological polar surface area (TPSA) is 133 Å². The molecule has 1 unspecified atom stereocenters. The van der Waals surface area contributed by atoms with Crippen molar-refractivity contribution in [1.29, 1.82) is 0 Å². The van der Waals surface area contributed by atoms with Crippen LogP contribution < -0.4 is 16.4 Å². The molecule has 0 saturated heterocycles. The van der Waals surface area contributed by atoms with Gasteiger partial charge in [0.1, 0.15) is 23.7 Å². The van der Waals surface area contributed by atoms with Gasteiger partial charge in [0.25, 0.3) is 0 Å². The molecular formula is C27H29FN8O2. The van der Waals surface area contributed by atoms with Gasteiger partial charge in [-0.1, -0.05) is 32.9 Å². The van der Waals surface area contributed by atoms with Crippen LogP contribution in [0.5, 0.6) is 0 Å². The van der Waals surface area contributed by atoms with Crippen LogP contribution >= 0.6 is 0 Å². The number of fused-ring (bicyclic) bond motifs is 1. The maximum absolute atomic E-state index is 13.5. The second kappa shape index (κ2) is 9.75. The van der Waals surface area contributed by atoms with Crippen LogP contribution in [0.3, 0.4) is 0 Å². The van der Waals surface area contributed by atoms with Crippen molar-refractivity contribution in [3.8, 4) is 5.69 Å². The molecule has 3 aromatic rings. The first-order valence-electron chi connectivity index (χ1n) is 12.2. The van der Waals surface area contributed by atoms with E-state index in [2.05, 4.69) is 25.8 Å². The third-order valence-corrected chi connectivity index (χ3v) is 6.41. The Morgan fingerprint density at radius 2 is 1.84 bits per heavy atom. The number of amides is 2. The molecule has 0 radical (unpaired) electrons. The minimum Gasteiger partial charge on any atom is -0.396 e. The summed E-state index contributed by atoms with van der Waals surface area (Å²) in [6.07, 6.45) is 1.40. The number of nitrogens with one attached hydrogen (secondary N) is 2. The molecule has 0 bridgehead atoms. The van der Waals surface area contributed by atoms with E-state index in [1.807, 2.05) is 32.9 Å². The fourth-order valence-corrected chi connectivity index (χ4v) is 4.46. The van der Waals surface area contributed by atoms with Crippen molar-refractivity contribution in [2.45, 2.75) is 26.2 Å². The lowest BCUT2D eigenvalue weighted by Crippen LogP contribution is -2.29. The van der Waals surface area contributed by atoms with Crippen molar-refractivity contribution in [3.05, 3.63) is 77.4 Å². The third-order valence-electron chi connectivity index (χ3n) is 6.41. The van der Waals surface area contributed by atoms with Crippen molar-refractivity contribution >= 4 is 35.3 Å². The van der Waals surface area contributed by atoms with Crippen LogP contribution in [0.4, 0.5) is 20.7 Å². The minimum absolute atomic E-state index is 0.0567. The van der Waals surface area contributed by atoms with Crippen molar-refractivity contribution in [3.63, 3.8) is 0 Å². The van der Waals surface area contributed by atoms with E-state index < -0.39 is 6.03 Å². The number of amidine groups is 1. The summed E-state index contributed by atoms with van der Waals surface area (Å²) in [5, 5.41) is 26.3. The Morgan fingerprint density at radius 1 is 1.13 bits per heavy atom. The first kappa shape index (κ1) is 25.2. The summed E-state index contributed by atoms with van der Waals surface area (Å²) in [7, 11) is 0. The SMILES string of the molecule is CC(C)(C)c1cc(NC(=O)Nc2ccc(C3=C4C(N)=NC=NN4CC3CO)cc2)n(-c2ccc(F)cc2)n1. The monoisotopic (exact) mass is 516 g/mol. The largest absolute Gasteiger partial charge is 0.396 e. The molecule has 0 saturated carbocycles. The van der Waals surface area contributed by atoms with E-state index in [0.29, 0.717) is 35.3 Å². The van der Waals surface area contributed by atoms with E-state index in [9.17, 15) is 14.3 Å². The van der Waals surface area contributed by atoms with Gasteiger partial charge in [0.15, 0.2) is 5.84 Å². The fraction of sp³-hybridized carbons (Fsp3) is 0.259. The fourth-order valence-electron chi connectivity index (χ4n) is 4.46. The number of hydrogen-bond donors (Lipinski definition) is 4. The Labute approximate surface area is 219 Å². The summed E-state index contributed by atoms with van der Waals surface area (Å²) in [5.41, 5.74) is 10.2. The molecule has 10 nitrogen and oxygen atoms in total. The second-order valence-electron chi connectivity index (χ2n) is 10.2. The number of nitrogens with two attached hydrogens (primary N) is 1. The molecule has 11 heteroatoms. The van der Waals surface area contributed by atoms with Gasteiger partial charge in [-0.2, -0.15) is 10.2 Å². The van der Waals surface area contributed by atoms with E-state index in [1.54, 1.807) is 40.0 Å². The summed E-state index contributed by atoms with van der Waals surface area (Å²) >= 11 is 0. The Hall–Kier alpha value is -4.51. The minimum atomic E-state index is -0.457. The summed E-state index contributed by atoms with van der Waals surface area (Å²) < 4.78 is 15.1. The number of carbonyl (C=O) groups excluding carboxylic acids is 1. The number of anilines is 2. The molecule has 5 rings (SSSR count). The molecule has 1 aromatic heterocycles. The van der Waals surface area contributed by atoms with E-state index in [4.69, 9.17) is 5.73 Å². The maximum atomic E-state index is 13.5. The van der Waals surface area contributed by atoms with Gasteiger partial charge in [-0.3, -0.25) is 10.3 Å². The molecule has 2 aromatic carbocycles. The van der Waals surface area contributed by atoms with Crippen molar-refractivity contribution in [2.75, 3.05) is 23.8 Å². The van der Waals surface area contributed by atoms with Gasteiger partial charge in [0.05, 0.1) is 24.5 Å². The van der Waals surface area contributed by atoms with Crippen LogP contribution in [-0.4, -0.2) is 51.3 Å². The number of rotatable bonds is 5. The molecule has 2 amide bonds. The van der Waals surface area contributed by atoms with Crippen LogP contribution in [0, 0.1) is 11.7 Å². The van der Waals surface area contributed by atoms with Gasteiger partial charge in [-0.25, -0.2) is 18.9 Å². The number of hydrogen-bond acceptors (Lipinski definition) is 7. The zero-order valence-corrected chi connectivity index (χ0v) is 21.3. The molecule has 0 spiro atoms. The number of carbonyl (C=O) groups is 1. The Bertz CT molecular complexity index is 1450. The van der Waals surface area contributed by atoms with Crippen molar-refractivity contribution in [1.82, 2.24) is 14.8 Å². The smallest absolute Gasteiger partial charge is 0.324 e. The van der Waals surface area contributed by atoms with Crippen LogP contribution in [0.25, 0.3) is 11.3 Å².